The normalized spacial score (nSPS) is 10.3. The molecule has 142 valence electrons. The van der Waals surface area contributed by atoms with Crippen molar-refractivity contribution in [2.75, 3.05) is 11.6 Å². The van der Waals surface area contributed by atoms with E-state index in [1.165, 1.54) is 0 Å². The average molecular weight is 392 g/mol. The van der Waals surface area contributed by atoms with Gasteiger partial charge in [0, 0.05) is 16.1 Å². The molecule has 6 heteroatoms. The second-order valence-electron chi connectivity index (χ2n) is 6.04. The summed E-state index contributed by atoms with van der Waals surface area (Å²) in [6.45, 7) is 0.216. The highest BCUT2D eigenvalue weighted by atomic mass is 32.2. The molecule has 0 saturated carbocycles. The highest BCUT2D eigenvalue weighted by Gasteiger charge is 2.10. The van der Waals surface area contributed by atoms with Crippen molar-refractivity contribution in [2.45, 2.75) is 11.5 Å². The van der Waals surface area contributed by atoms with Crippen molar-refractivity contribution in [3.63, 3.8) is 0 Å². The third kappa shape index (κ3) is 4.92. The molecule has 3 rings (SSSR count). The summed E-state index contributed by atoms with van der Waals surface area (Å²) < 4.78 is 5.73. The topological polar surface area (TPSA) is 81.4 Å². The van der Waals surface area contributed by atoms with Crippen LogP contribution in [0, 0.1) is 0 Å². The van der Waals surface area contributed by atoms with Crippen molar-refractivity contribution in [1.29, 1.82) is 0 Å². The monoisotopic (exact) mass is 392 g/mol. The number of nitrogens with one attached hydrogen (secondary N) is 1. The molecule has 0 fully saturated rings. The number of primary amides is 1. The molecule has 0 saturated heterocycles. The maximum absolute atomic E-state index is 12.6. The van der Waals surface area contributed by atoms with Gasteiger partial charge in [-0.3, -0.25) is 9.59 Å². The van der Waals surface area contributed by atoms with Gasteiger partial charge < -0.3 is 15.8 Å². The van der Waals surface area contributed by atoms with Gasteiger partial charge in [0.2, 0.25) is 0 Å². The summed E-state index contributed by atoms with van der Waals surface area (Å²) >= 11 is 1.62. The number of carbonyl (C=O) groups is 2. The van der Waals surface area contributed by atoms with Gasteiger partial charge in [0.05, 0.1) is 5.56 Å². The number of anilines is 1. The van der Waals surface area contributed by atoms with Crippen LogP contribution < -0.4 is 15.8 Å². The van der Waals surface area contributed by atoms with Gasteiger partial charge in [0.25, 0.3) is 11.8 Å². The van der Waals surface area contributed by atoms with Gasteiger partial charge in [0.1, 0.15) is 12.4 Å². The molecule has 3 aromatic rings. The second kappa shape index (κ2) is 9.10. The predicted octanol–water partition coefficient (Wildman–Crippen LogP) is 4.34. The summed E-state index contributed by atoms with van der Waals surface area (Å²) in [7, 11) is 0. The Balaban J connectivity index is 1.70. The molecule has 0 atom stereocenters. The van der Waals surface area contributed by atoms with Crippen LogP contribution in [-0.2, 0) is 6.61 Å². The summed E-state index contributed by atoms with van der Waals surface area (Å²) in [5.41, 5.74) is 7.77. The van der Waals surface area contributed by atoms with Crippen LogP contribution in [0.4, 0.5) is 5.69 Å². The van der Waals surface area contributed by atoms with Crippen LogP contribution in [0.3, 0.4) is 0 Å². The summed E-state index contributed by atoms with van der Waals surface area (Å²) in [4.78, 5) is 25.1. The lowest BCUT2D eigenvalue weighted by Gasteiger charge is -2.11. The molecule has 0 aliphatic rings. The molecule has 3 N–H and O–H groups in total. The molecule has 0 aromatic heterocycles. The molecule has 2 amide bonds. The van der Waals surface area contributed by atoms with Crippen molar-refractivity contribution < 1.29 is 14.3 Å². The first-order valence-electron chi connectivity index (χ1n) is 8.63. The van der Waals surface area contributed by atoms with Gasteiger partial charge in [-0.25, -0.2) is 0 Å². The summed E-state index contributed by atoms with van der Waals surface area (Å²) in [5.74, 6) is -0.326. The van der Waals surface area contributed by atoms with Crippen LogP contribution in [0.2, 0.25) is 0 Å². The molecule has 0 heterocycles. The van der Waals surface area contributed by atoms with Crippen molar-refractivity contribution in [3.8, 4) is 5.75 Å². The molecular formula is C22H20N2O3S. The van der Waals surface area contributed by atoms with Crippen molar-refractivity contribution >= 4 is 29.3 Å². The number of benzene rings is 3. The van der Waals surface area contributed by atoms with E-state index >= 15 is 0 Å². The Bertz CT molecular complexity index is 1000. The molecular weight excluding hydrogens is 372 g/mol. The van der Waals surface area contributed by atoms with Crippen LogP contribution in [-0.4, -0.2) is 18.1 Å². The molecule has 0 aliphatic heterocycles. The number of ether oxygens (including phenoxy) is 1. The Morgan fingerprint density at radius 2 is 1.79 bits per heavy atom. The molecule has 0 bridgehead atoms. The largest absolute Gasteiger partial charge is 0.488 e. The van der Waals surface area contributed by atoms with Crippen molar-refractivity contribution in [2.24, 2.45) is 5.73 Å². The van der Waals surface area contributed by atoms with E-state index in [-0.39, 0.29) is 12.5 Å². The fourth-order valence-electron chi connectivity index (χ4n) is 2.66. The fourth-order valence-corrected chi connectivity index (χ4v) is 3.12. The van der Waals surface area contributed by atoms with Gasteiger partial charge in [-0.05, 0) is 54.3 Å². The fraction of sp³-hybridized carbons (Fsp3) is 0.0909. The molecule has 5 nitrogen and oxygen atoms in total. The first kappa shape index (κ1) is 19.5. The average Bonchev–Trinajstić information content (AvgIpc) is 2.72. The first-order valence-corrected chi connectivity index (χ1v) is 9.85. The lowest BCUT2D eigenvalue weighted by atomic mass is 10.1. The van der Waals surface area contributed by atoms with Gasteiger partial charge in [-0.1, -0.05) is 30.3 Å². The van der Waals surface area contributed by atoms with Crippen molar-refractivity contribution in [1.82, 2.24) is 0 Å². The number of thioether (sulfide) groups is 1. The highest BCUT2D eigenvalue weighted by Crippen LogP contribution is 2.21. The van der Waals surface area contributed by atoms with Gasteiger partial charge >= 0.3 is 0 Å². The Morgan fingerprint density at radius 1 is 1.00 bits per heavy atom. The standard InChI is InChI=1S/C22H20N2O3S/c1-28-18-9-5-8-17(13-18)24-22(26)16-7-4-6-15(12-16)14-27-20-11-3-2-10-19(20)21(23)25/h2-13H,14H2,1H3,(H2,23,25)(H,24,26). The van der Waals surface area contributed by atoms with E-state index in [9.17, 15) is 9.59 Å². The molecule has 0 radical (unpaired) electrons. The van der Waals surface area contributed by atoms with E-state index < -0.39 is 5.91 Å². The summed E-state index contributed by atoms with van der Waals surface area (Å²) in [6.07, 6.45) is 1.99. The number of nitrogens with two attached hydrogens (primary N) is 1. The Morgan fingerprint density at radius 3 is 2.57 bits per heavy atom. The van der Waals surface area contributed by atoms with Crippen molar-refractivity contribution in [3.05, 3.63) is 89.5 Å². The van der Waals surface area contributed by atoms with Crippen LogP contribution in [0.15, 0.2) is 77.7 Å². The number of para-hydroxylation sites is 1. The molecule has 0 spiro atoms. The predicted molar refractivity (Wildman–Crippen MR) is 112 cm³/mol. The maximum Gasteiger partial charge on any atom is 0.255 e. The first-order chi connectivity index (χ1) is 13.6. The zero-order valence-electron chi connectivity index (χ0n) is 15.3. The Hall–Kier alpha value is -3.25. The minimum Gasteiger partial charge on any atom is -0.488 e. The van der Waals surface area contributed by atoms with E-state index in [0.717, 1.165) is 16.1 Å². The molecule has 0 aliphatic carbocycles. The summed E-state index contributed by atoms with van der Waals surface area (Å²) in [5, 5.41) is 2.90. The number of carbonyl (C=O) groups excluding carboxylic acids is 2. The lowest BCUT2D eigenvalue weighted by Crippen LogP contribution is -2.13. The van der Waals surface area contributed by atoms with Gasteiger partial charge in [-0.2, -0.15) is 0 Å². The SMILES string of the molecule is CSc1cccc(NC(=O)c2cccc(COc3ccccc3C(N)=O)c2)c1. The molecule has 28 heavy (non-hydrogen) atoms. The Kier molecular flexibility index (Phi) is 6.34. The number of rotatable bonds is 7. The Labute approximate surface area is 167 Å². The molecule has 3 aromatic carbocycles. The lowest BCUT2D eigenvalue weighted by molar-refractivity contribution is 0.0994. The maximum atomic E-state index is 12.6. The third-order valence-corrected chi connectivity index (χ3v) is 4.79. The van der Waals surface area contributed by atoms with E-state index in [2.05, 4.69) is 5.32 Å². The zero-order chi connectivity index (χ0) is 19.9. The molecule has 0 unspecified atom stereocenters. The minimum absolute atomic E-state index is 0.197. The van der Waals surface area contributed by atoms with E-state index in [4.69, 9.17) is 10.5 Å². The van der Waals surface area contributed by atoms with Gasteiger partial charge in [-0.15, -0.1) is 11.8 Å². The van der Waals surface area contributed by atoms with E-state index in [1.807, 2.05) is 36.6 Å². The zero-order valence-corrected chi connectivity index (χ0v) is 16.2. The third-order valence-electron chi connectivity index (χ3n) is 4.06. The van der Waals surface area contributed by atoms with Gasteiger partial charge in [0.15, 0.2) is 0 Å². The second-order valence-corrected chi connectivity index (χ2v) is 6.92. The number of hydrogen-bond acceptors (Lipinski definition) is 4. The quantitative estimate of drug-likeness (QED) is 0.586. The van der Waals surface area contributed by atoms with Crippen LogP contribution in [0.1, 0.15) is 26.3 Å². The van der Waals surface area contributed by atoms with Crippen LogP contribution in [0.5, 0.6) is 5.75 Å². The van der Waals surface area contributed by atoms with Crippen LogP contribution in [0.25, 0.3) is 0 Å². The summed E-state index contributed by atoms with van der Waals surface area (Å²) in [6, 6.07) is 21.6. The number of hydrogen-bond donors (Lipinski definition) is 2. The van der Waals surface area contributed by atoms with E-state index in [1.54, 1.807) is 54.2 Å². The number of amides is 2. The smallest absolute Gasteiger partial charge is 0.255 e. The van der Waals surface area contributed by atoms with E-state index in [0.29, 0.717) is 16.9 Å². The minimum atomic E-state index is -0.545. The highest BCUT2D eigenvalue weighted by molar-refractivity contribution is 7.98. The van der Waals surface area contributed by atoms with Crippen LogP contribution >= 0.6 is 11.8 Å².